The van der Waals surface area contributed by atoms with Gasteiger partial charge in [0.1, 0.15) is 0 Å². The van der Waals surface area contributed by atoms with Crippen LogP contribution in [0.4, 0.5) is 0 Å². The minimum atomic E-state index is 0.288. The van der Waals surface area contributed by atoms with Crippen LogP contribution >= 0.6 is 0 Å². The summed E-state index contributed by atoms with van der Waals surface area (Å²) in [6.07, 6.45) is 7.58. The van der Waals surface area contributed by atoms with Gasteiger partial charge in [-0.1, -0.05) is 0 Å². The molecule has 2 rings (SSSR count). The Balaban J connectivity index is 2.20. The zero-order valence-electron chi connectivity index (χ0n) is 7.99. The molecule has 0 fully saturated rings. The van der Waals surface area contributed by atoms with Crippen LogP contribution in [-0.4, -0.2) is 32.0 Å². The van der Waals surface area contributed by atoms with Gasteiger partial charge in [0.2, 0.25) is 0 Å². The fourth-order valence-corrected chi connectivity index (χ4v) is 1.84. The number of ether oxygens (including phenoxy) is 1. The average Bonchev–Trinajstić information content (AvgIpc) is 2.49. The molecule has 0 aromatic rings. The fraction of sp³-hybridized carbons (Fsp3) is 0.700. The van der Waals surface area contributed by atoms with Gasteiger partial charge in [-0.3, -0.25) is 4.99 Å². The molecule has 72 valence electrons. The first-order valence-corrected chi connectivity index (χ1v) is 4.93. The first-order chi connectivity index (χ1) is 6.40. The van der Waals surface area contributed by atoms with E-state index in [0.29, 0.717) is 6.04 Å². The van der Waals surface area contributed by atoms with Gasteiger partial charge < -0.3 is 10.1 Å². The molecule has 2 heterocycles. The van der Waals surface area contributed by atoms with Crippen LogP contribution in [-0.2, 0) is 4.74 Å². The van der Waals surface area contributed by atoms with Crippen molar-refractivity contribution >= 4 is 6.21 Å². The molecule has 0 radical (unpaired) electrons. The van der Waals surface area contributed by atoms with Crippen LogP contribution in [0.25, 0.3) is 0 Å². The summed E-state index contributed by atoms with van der Waals surface area (Å²) >= 11 is 0. The summed E-state index contributed by atoms with van der Waals surface area (Å²) < 4.78 is 5.69. The first kappa shape index (κ1) is 8.91. The molecule has 0 saturated heterocycles. The largest absolute Gasteiger partial charge is 0.374 e. The number of hydrogen-bond acceptors (Lipinski definition) is 3. The second-order valence-corrected chi connectivity index (χ2v) is 3.52. The lowest BCUT2D eigenvalue weighted by Crippen LogP contribution is -2.27. The zero-order valence-corrected chi connectivity index (χ0v) is 7.99. The molecule has 0 aromatic heterocycles. The summed E-state index contributed by atoms with van der Waals surface area (Å²) in [7, 11) is 1.98. The smallest absolute Gasteiger partial charge is 0.0780 e. The van der Waals surface area contributed by atoms with E-state index < -0.39 is 0 Å². The summed E-state index contributed by atoms with van der Waals surface area (Å²) in [5.41, 5.74) is 1.16. The van der Waals surface area contributed by atoms with E-state index in [1.54, 1.807) is 0 Å². The monoisotopic (exact) mass is 180 g/mol. The number of aliphatic imine (C=N–C) groups is 1. The van der Waals surface area contributed by atoms with Gasteiger partial charge in [-0.15, -0.1) is 0 Å². The van der Waals surface area contributed by atoms with Crippen LogP contribution < -0.4 is 5.32 Å². The predicted octanol–water partition coefficient (Wildman–Crippen LogP) is 1.11. The predicted molar refractivity (Wildman–Crippen MR) is 53.0 cm³/mol. The Morgan fingerprint density at radius 2 is 2.46 bits per heavy atom. The second kappa shape index (κ2) is 4.03. The summed E-state index contributed by atoms with van der Waals surface area (Å²) in [6.45, 7) is 0.839. The Morgan fingerprint density at radius 1 is 1.54 bits per heavy atom. The quantitative estimate of drug-likeness (QED) is 0.656. The maximum Gasteiger partial charge on any atom is 0.0780 e. The van der Waals surface area contributed by atoms with Gasteiger partial charge in [-0.25, -0.2) is 0 Å². The minimum absolute atomic E-state index is 0.288. The maximum absolute atomic E-state index is 5.69. The molecule has 3 nitrogen and oxygen atoms in total. The number of nitrogens with one attached hydrogen (secondary N) is 1. The summed E-state index contributed by atoms with van der Waals surface area (Å²) in [4.78, 5) is 4.45. The van der Waals surface area contributed by atoms with Crippen LogP contribution in [0.1, 0.15) is 19.3 Å². The highest BCUT2D eigenvalue weighted by Gasteiger charge is 2.20. The van der Waals surface area contributed by atoms with Crippen molar-refractivity contribution < 1.29 is 4.74 Å². The SMILES string of the molecule is CNC1CCOC2C=C1N=CCC2. The van der Waals surface area contributed by atoms with E-state index in [-0.39, 0.29) is 6.10 Å². The number of fused-ring (bicyclic) bond motifs is 1. The minimum Gasteiger partial charge on any atom is -0.374 e. The van der Waals surface area contributed by atoms with Crippen LogP contribution in [0.3, 0.4) is 0 Å². The first-order valence-electron chi connectivity index (χ1n) is 4.93. The highest BCUT2D eigenvalue weighted by molar-refractivity contribution is 5.60. The molecule has 3 heteroatoms. The van der Waals surface area contributed by atoms with E-state index in [1.807, 2.05) is 13.3 Å². The third-order valence-corrected chi connectivity index (χ3v) is 2.62. The Bertz CT molecular complexity index is 235. The summed E-state index contributed by atoms with van der Waals surface area (Å²) in [6, 6.07) is 0.374. The van der Waals surface area contributed by atoms with Crippen molar-refractivity contribution in [2.45, 2.75) is 31.4 Å². The molecule has 2 aliphatic rings. The lowest BCUT2D eigenvalue weighted by atomic mass is 10.1. The topological polar surface area (TPSA) is 33.6 Å². The summed E-state index contributed by atoms with van der Waals surface area (Å²) in [5.74, 6) is 0. The van der Waals surface area contributed by atoms with Gasteiger partial charge in [-0.05, 0) is 32.4 Å². The lowest BCUT2D eigenvalue weighted by molar-refractivity contribution is 0.0817. The van der Waals surface area contributed by atoms with E-state index >= 15 is 0 Å². The highest BCUT2D eigenvalue weighted by atomic mass is 16.5. The van der Waals surface area contributed by atoms with Gasteiger partial charge in [0.15, 0.2) is 0 Å². The zero-order chi connectivity index (χ0) is 9.10. The van der Waals surface area contributed by atoms with Crippen molar-refractivity contribution in [3.63, 3.8) is 0 Å². The van der Waals surface area contributed by atoms with Gasteiger partial charge >= 0.3 is 0 Å². The van der Waals surface area contributed by atoms with Crippen LogP contribution in [0.5, 0.6) is 0 Å². The summed E-state index contributed by atoms with van der Waals surface area (Å²) in [5, 5.41) is 3.27. The molecule has 2 bridgehead atoms. The van der Waals surface area contributed by atoms with E-state index in [9.17, 15) is 0 Å². The normalized spacial score (nSPS) is 33.5. The molecule has 1 N–H and O–H groups in total. The van der Waals surface area contributed by atoms with E-state index in [0.717, 1.165) is 31.6 Å². The lowest BCUT2D eigenvalue weighted by Gasteiger charge is -2.13. The van der Waals surface area contributed by atoms with Gasteiger partial charge in [0, 0.05) is 12.8 Å². The third kappa shape index (κ3) is 1.98. The molecule has 0 amide bonds. The Hall–Kier alpha value is -0.670. The Kier molecular flexibility index (Phi) is 2.76. The number of hydrogen-bond donors (Lipinski definition) is 1. The van der Waals surface area contributed by atoms with Crippen molar-refractivity contribution in [1.82, 2.24) is 5.32 Å². The molecule has 2 atom stereocenters. The van der Waals surface area contributed by atoms with Crippen LogP contribution in [0, 0.1) is 0 Å². The molecular weight excluding hydrogens is 164 g/mol. The number of nitrogens with zero attached hydrogens (tertiary/aromatic N) is 1. The number of likely N-dealkylation sites (N-methyl/N-ethyl adjacent to an activating group) is 1. The van der Waals surface area contributed by atoms with Crippen LogP contribution in [0.2, 0.25) is 0 Å². The third-order valence-electron chi connectivity index (χ3n) is 2.62. The number of rotatable bonds is 1. The van der Waals surface area contributed by atoms with Gasteiger partial charge in [0.05, 0.1) is 17.8 Å². The molecule has 0 aromatic carbocycles. The molecule has 0 aliphatic carbocycles. The Morgan fingerprint density at radius 3 is 3.31 bits per heavy atom. The highest BCUT2D eigenvalue weighted by Crippen LogP contribution is 2.20. The molecular formula is C10H16N2O. The van der Waals surface area contributed by atoms with E-state index in [4.69, 9.17) is 4.74 Å². The van der Waals surface area contributed by atoms with Crippen molar-refractivity contribution in [3.8, 4) is 0 Å². The van der Waals surface area contributed by atoms with Crippen molar-refractivity contribution in [1.29, 1.82) is 0 Å². The second-order valence-electron chi connectivity index (χ2n) is 3.52. The maximum atomic E-state index is 5.69. The molecule has 2 unspecified atom stereocenters. The fourth-order valence-electron chi connectivity index (χ4n) is 1.84. The van der Waals surface area contributed by atoms with Crippen molar-refractivity contribution in [3.05, 3.63) is 11.8 Å². The van der Waals surface area contributed by atoms with Gasteiger partial charge in [-0.2, -0.15) is 0 Å². The van der Waals surface area contributed by atoms with Crippen molar-refractivity contribution in [2.24, 2.45) is 4.99 Å². The van der Waals surface area contributed by atoms with Gasteiger partial charge in [0.25, 0.3) is 0 Å². The van der Waals surface area contributed by atoms with E-state index in [1.165, 1.54) is 0 Å². The standard InChI is InChI=1S/C10H16N2O/c1-11-9-4-6-13-8-3-2-5-12-10(9)7-8/h5,7-9,11H,2-4,6H2,1H3. The average molecular weight is 180 g/mol. The van der Waals surface area contributed by atoms with Crippen LogP contribution in [0.15, 0.2) is 16.8 Å². The molecule has 0 saturated carbocycles. The Labute approximate surface area is 78.9 Å². The van der Waals surface area contributed by atoms with E-state index in [2.05, 4.69) is 16.4 Å². The molecule has 2 aliphatic heterocycles. The molecule has 0 spiro atoms. The molecule has 13 heavy (non-hydrogen) atoms. The van der Waals surface area contributed by atoms with Crippen molar-refractivity contribution in [2.75, 3.05) is 13.7 Å².